The van der Waals surface area contributed by atoms with Crippen molar-refractivity contribution in [2.75, 3.05) is 26.2 Å². The van der Waals surface area contributed by atoms with Crippen LogP contribution in [0.4, 0.5) is 39.5 Å². The van der Waals surface area contributed by atoms with Gasteiger partial charge < -0.3 is 15.6 Å². The number of para-hydroxylation sites is 1. The number of halogens is 9. The molecule has 5 rings (SSSR count). The number of benzene rings is 2. The van der Waals surface area contributed by atoms with Crippen LogP contribution in [0.5, 0.6) is 0 Å². The lowest BCUT2D eigenvalue weighted by atomic mass is 9.92. The lowest BCUT2D eigenvalue weighted by molar-refractivity contribution is -0.174. The Hall–Kier alpha value is -3.63. The molecule has 3 N–H and O–H groups in total. The molecule has 49 heavy (non-hydrogen) atoms. The molecule has 3 aromatic rings. The summed E-state index contributed by atoms with van der Waals surface area (Å²) in [5.41, 5.74) is -1.06. The van der Waals surface area contributed by atoms with Gasteiger partial charge in [-0.2, -0.15) is 39.5 Å². The number of nitrogens with two attached hydrogens (primary N) is 1. The third-order valence-corrected chi connectivity index (χ3v) is 9.45. The first-order chi connectivity index (χ1) is 22.9. The second-order valence-electron chi connectivity index (χ2n) is 12.6. The topological polar surface area (TPSA) is 85.7 Å². The van der Waals surface area contributed by atoms with Crippen LogP contribution in [0.3, 0.4) is 0 Å². The second kappa shape index (κ2) is 13.9. The molecule has 2 unspecified atom stereocenters. The number of alkyl halides is 9. The van der Waals surface area contributed by atoms with E-state index in [0.29, 0.717) is 47.3 Å². The van der Waals surface area contributed by atoms with Gasteiger partial charge in [0.15, 0.2) is 0 Å². The van der Waals surface area contributed by atoms with Gasteiger partial charge in [0.1, 0.15) is 6.04 Å². The van der Waals surface area contributed by atoms with Gasteiger partial charge >= 0.3 is 18.5 Å². The number of nitrogens with one attached hydrogen (secondary N) is 1. The number of aromatic nitrogens is 1. The third kappa shape index (κ3) is 7.91. The van der Waals surface area contributed by atoms with Gasteiger partial charge in [-0.05, 0) is 68.1 Å². The molecule has 0 aliphatic carbocycles. The lowest BCUT2D eigenvalue weighted by Crippen LogP contribution is -2.58. The van der Waals surface area contributed by atoms with Crippen molar-refractivity contribution < 1.29 is 49.1 Å². The largest absolute Gasteiger partial charge is 0.417 e. The number of H-pyrrole nitrogens is 1. The van der Waals surface area contributed by atoms with Gasteiger partial charge in [0.2, 0.25) is 11.8 Å². The van der Waals surface area contributed by atoms with Crippen molar-refractivity contribution >= 4 is 22.7 Å². The molecule has 1 aromatic heterocycles. The summed E-state index contributed by atoms with van der Waals surface area (Å²) < 4.78 is 124. The summed E-state index contributed by atoms with van der Waals surface area (Å²) in [5.74, 6) is -2.03. The normalized spacial score (nSPS) is 18.8. The molecule has 2 aliphatic heterocycles. The van der Waals surface area contributed by atoms with Crippen LogP contribution in [0, 0.1) is 0 Å². The van der Waals surface area contributed by atoms with E-state index in [1.807, 2.05) is 0 Å². The number of hydrogen-bond donors (Lipinski definition) is 2. The molecule has 7 nitrogen and oxygen atoms in total. The van der Waals surface area contributed by atoms with E-state index >= 15 is 0 Å². The van der Waals surface area contributed by atoms with Crippen LogP contribution in [0.15, 0.2) is 42.6 Å². The van der Waals surface area contributed by atoms with E-state index < -0.39 is 71.2 Å². The third-order valence-electron chi connectivity index (χ3n) is 9.45. The smallest absolute Gasteiger partial charge is 0.361 e. The molecule has 2 fully saturated rings. The zero-order valence-corrected chi connectivity index (χ0v) is 26.5. The maximum absolute atomic E-state index is 14.4. The minimum Gasteiger partial charge on any atom is -0.361 e. The van der Waals surface area contributed by atoms with Crippen LogP contribution in [-0.2, 0) is 34.7 Å². The minimum atomic E-state index is -6.01. The molecule has 2 saturated heterocycles. The molecule has 2 atom stereocenters. The number of hydrogen-bond acceptors (Lipinski definition) is 5. The molecule has 2 aliphatic rings. The number of likely N-dealkylation sites (tertiary alicyclic amines) is 2. The van der Waals surface area contributed by atoms with Crippen LogP contribution in [0.1, 0.15) is 72.9 Å². The zero-order chi connectivity index (χ0) is 35.9. The summed E-state index contributed by atoms with van der Waals surface area (Å²) in [4.78, 5) is 35.0. The summed E-state index contributed by atoms with van der Waals surface area (Å²) in [6, 6.07) is 4.69. The fourth-order valence-electron chi connectivity index (χ4n) is 7.12. The molecule has 3 heterocycles. The summed E-state index contributed by atoms with van der Waals surface area (Å²) in [6.45, 7) is 2.33. The Kier molecular flexibility index (Phi) is 10.4. The number of amides is 2. The van der Waals surface area contributed by atoms with Gasteiger partial charge in [-0.1, -0.05) is 24.6 Å². The minimum absolute atomic E-state index is 0.0972. The molecule has 268 valence electrons. The van der Waals surface area contributed by atoms with Crippen molar-refractivity contribution in [2.24, 2.45) is 5.73 Å². The summed E-state index contributed by atoms with van der Waals surface area (Å²) in [6.07, 6.45) is -11.5. The SMILES string of the molecule is CC(=O)N(Cc1cc(C(F)(F)F)c(C(F)(F)F)c(C(F)(F)F)c1)C(=O)C(C(N)c1c[nH]c2ccccc12)N1CCC(N2CCCCC2)CC1. The first-order valence-electron chi connectivity index (χ1n) is 15.9. The fourth-order valence-corrected chi connectivity index (χ4v) is 7.12. The number of rotatable bonds is 7. The quantitative estimate of drug-likeness (QED) is 0.256. The van der Waals surface area contributed by atoms with E-state index in [0.717, 1.165) is 39.3 Å². The van der Waals surface area contributed by atoms with E-state index in [2.05, 4.69) is 9.88 Å². The first-order valence-corrected chi connectivity index (χ1v) is 15.9. The number of piperidine rings is 2. The second-order valence-corrected chi connectivity index (χ2v) is 12.6. The van der Waals surface area contributed by atoms with Gasteiger partial charge in [0.05, 0.1) is 29.3 Å². The predicted molar refractivity (Wildman–Crippen MR) is 162 cm³/mol. The van der Waals surface area contributed by atoms with Crippen molar-refractivity contribution in [3.8, 4) is 0 Å². The molecule has 2 aromatic carbocycles. The van der Waals surface area contributed by atoms with Gasteiger partial charge in [0.25, 0.3) is 0 Å². The van der Waals surface area contributed by atoms with Crippen LogP contribution in [-0.4, -0.2) is 69.8 Å². The van der Waals surface area contributed by atoms with Crippen LogP contribution < -0.4 is 5.73 Å². The van der Waals surface area contributed by atoms with Crippen LogP contribution >= 0.6 is 0 Å². The Morgan fingerprint density at radius 2 is 1.45 bits per heavy atom. The molecule has 2 amide bonds. The highest BCUT2D eigenvalue weighted by Crippen LogP contribution is 2.47. The molecular weight excluding hydrogens is 669 g/mol. The summed E-state index contributed by atoms with van der Waals surface area (Å²) >= 11 is 0. The molecule has 0 saturated carbocycles. The van der Waals surface area contributed by atoms with Crippen LogP contribution in [0.2, 0.25) is 0 Å². The van der Waals surface area contributed by atoms with Gasteiger partial charge in [-0.15, -0.1) is 0 Å². The molecule has 0 radical (unpaired) electrons. The summed E-state index contributed by atoms with van der Waals surface area (Å²) in [7, 11) is 0. The Bertz CT molecular complexity index is 1620. The van der Waals surface area contributed by atoms with Gasteiger partial charge in [-0.25, -0.2) is 0 Å². The standard InChI is InChI=1S/C33H36F9N5O2/c1-19(48)47(18-20-15-24(31(34,35)36)27(33(40,41)42)25(16-20)32(37,38)39)30(49)29(28(43)23-17-44-26-8-4-3-7-22(23)26)46-13-9-21(10-14-46)45-11-5-2-6-12-45/h3-4,7-8,15-17,21,28-29,44H,2,5-6,9-14,18,43H2,1H3. The maximum atomic E-state index is 14.4. The van der Waals surface area contributed by atoms with E-state index in [4.69, 9.17) is 5.73 Å². The Labute approximate surface area is 276 Å². The van der Waals surface area contributed by atoms with Crippen molar-refractivity contribution in [3.05, 3.63) is 70.4 Å². The lowest BCUT2D eigenvalue weighted by Gasteiger charge is -2.44. The highest BCUT2D eigenvalue weighted by Gasteiger charge is 2.50. The fraction of sp³-hybridized carbons (Fsp3) is 0.515. The number of nitrogens with zero attached hydrogens (tertiary/aromatic N) is 3. The van der Waals surface area contributed by atoms with E-state index in [1.165, 1.54) is 0 Å². The van der Waals surface area contributed by atoms with Gasteiger partial charge in [0, 0.05) is 43.2 Å². The van der Waals surface area contributed by atoms with E-state index in [-0.39, 0.29) is 18.2 Å². The predicted octanol–water partition coefficient (Wildman–Crippen LogP) is 7.12. The van der Waals surface area contributed by atoms with Crippen molar-refractivity contribution in [1.29, 1.82) is 0 Å². The number of imide groups is 1. The highest BCUT2D eigenvalue weighted by atomic mass is 19.4. The molecule has 0 bridgehead atoms. The van der Waals surface area contributed by atoms with Gasteiger partial charge in [-0.3, -0.25) is 19.4 Å². The molecule has 16 heteroatoms. The first kappa shape index (κ1) is 36.6. The number of fused-ring (bicyclic) bond motifs is 1. The molecule has 0 spiro atoms. The van der Waals surface area contributed by atoms with E-state index in [1.54, 1.807) is 35.4 Å². The van der Waals surface area contributed by atoms with Crippen LogP contribution in [0.25, 0.3) is 10.9 Å². The monoisotopic (exact) mass is 705 g/mol. The average molecular weight is 706 g/mol. The highest BCUT2D eigenvalue weighted by molar-refractivity contribution is 5.98. The number of carbonyl (C=O) groups is 2. The van der Waals surface area contributed by atoms with Crippen molar-refractivity contribution in [3.63, 3.8) is 0 Å². The summed E-state index contributed by atoms with van der Waals surface area (Å²) in [5, 5.41) is 0.665. The maximum Gasteiger partial charge on any atom is 0.417 e. The van der Waals surface area contributed by atoms with E-state index in [9.17, 15) is 49.1 Å². The average Bonchev–Trinajstić information content (AvgIpc) is 3.47. The number of aromatic amines is 1. The Morgan fingerprint density at radius 1 is 0.878 bits per heavy atom. The number of carbonyl (C=O) groups excluding carboxylic acids is 2. The van der Waals surface area contributed by atoms with Crippen molar-refractivity contribution in [1.82, 2.24) is 19.7 Å². The van der Waals surface area contributed by atoms with Crippen molar-refractivity contribution in [2.45, 2.75) is 82.2 Å². The Morgan fingerprint density at radius 3 is 1.98 bits per heavy atom. The Balaban J connectivity index is 1.54. The molecular formula is C33H36F9N5O2. The zero-order valence-electron chi connectivity index (χ0n) is 26.5.